The molecule has 2 amide bonds. The summed E-state index contributed by atoms with van der Waals surface area (Å²) in [5.74, 6) is -0.0764. The number of nitrogens with two attached hydrogens (primary N) is 1. The molecule has 1 aliphatic carbocycles. The van der Waals surface area contributed by atoms with Gasteiger partial charge in [-0.15, -0.1) is 0 Å². The Kier molecular flexibility index (Phi) is 5.97. The summed E-state index contributed by atoms with van der Waals surface area (Å²) in [5.41, 5.74) is 6.54. The molecule has 0 aromatic heterocycles. The van der Waals surface area contributed by atoms with E-state index in [0.717, 1.165) is 38.5 Å². The summed E-state index contributed by atoms with van der Waals surface area (Å²) in [5, 5.41) is 3.78. The SMILES string of the molecule is NC1CCC(NC(=O)C2CCCN(C(=O)c3ccc(Cl)cc3)C2)CC1. The fraction of sp³-hybridized carbons (Fsp3) is 0.579. The van der Waals surface area contributed by atoms with Crippen molar-refractivity contribution in [3.8, 4) is 0 Å². The molecule has 2 aliphatic rings. The standard InChI is InChI=1S/C19H26ClN3O2/c20-15-5-3-13(4-6-15)19(25)23-11-1-2-14(12-23)18(24)22-17-9-7-16(21)8-10-17/h3-6,14,16-17H,1-2,7-12,21H2,(H,22,24). The largest absolute Gasteiger partial charge is 0.353 e. The zero-order valence-corrected chi connectivity index (χ0v) is 15.2. The van der Waals surface area contributed by atoms with Gasteiger partial charge in [0, 0.05) is 35.8 Å². The van der Waals surface area contributed by atoms with Crippen LogP contribution in [0.2, 0.25) is 5.02 Å². The van der Waals surface area contributed by atoms with Gasteiger partial charge in [0.2, 0.25) is 5.91 Å². The molecular formula is C19H26ClN3O2. The molecule has 25 heavy (non-hydrogen) atoms. The van der Waals surface area contributed by atoms with Crippen LogP contribution in [0.4, 0.5) is 0 Å². The Labute approximate surface area is 153 Å². The molecule has 1 atom stereocenters. The second-order valence-corrected chi connectivity index (χ2v) is 7.65. The van der Waals surface area contributed by atoms with Crippen LogP contribution in [0.3, 0.4) is 0 Å². The minimum Gasteiger partial charge on any atom is -0.353 e. The zero-order valence-electron chi connectivity index (χ0n) is 14.4. The Hall–Kier alpha value is -1.59. The summed E-state index contributed by atoms with van der Waals surface area (Å²) < 4.78 is 0. The van der Waals surface area contributed by atoms with E-state index in [9.17, 15) is 9.59 Å². The summed E-state index contributed by atoms with van der Waals surface area (Å²) in [4.78, 5) is 27.0. The average molecular weight is 364 g/mol. The highest BCUT2D eigenvalue weighted by Crippen LogP contribution is 2.22. The highest BCUT2D eigenvalue weighted by atomic mass is 35.5. The lowest BCUT2D eigenvalue weighted by atomic mass is 9.90. The fourth-order valence-corrected chi connectivity index (χ4v) is 3.86. The van der Waals surface area contributed by atoms with Crippen LogP contribution < -0.4 is 11.1 Å². The maximum Gasteiger partial charge on any atom is 0.253 e. The Morgan fingerprint density at radius 1 is 1.08 bits per heavy atom. The molecule has 3 N–H and O–H groups in total. The first kappa shape index (κ1) is 18.2. The van der Waals surface area contributed by atoms with Crippen molar-refractivity contribution in [2.24, 2.45) is 11.7 Å². The Morgan fingerprint density at radius 2 is 1.76 bits per heavy atom. The summed E-state index contributed by atoms with van der Waals surface area (Å²) in [7, 11) is 0. The first-order valence-electron chi connectivity index (χ1n) is 9.13. The lowest BCUT2D eigenvalue weighted by Gasteiger charge is -2.34. The van der Waals surface area contributed by atoms with Crippen molar-refractivity contribution in [1.29, 1.82) is 0 Å². The van der Waals surface area contributed by atoms with E-state index in [1.165, 1.54) is 0 Å². The number of carbonyl (C=O) groups excluding carboxylic acids is 2. The van der Waals surface area contributed by atoms with Gasteiger partial charge in [-0.1, -0.05) is 11.6 Å². The number of piperidine rings is 1. The fourth-order valence-electron chi connectivity index (χ4n) is 3.73. The van der Waals surface area contributed by atoms with E-state index in [-0.39, 0.29) is 29.8 Å². The number of rotatable bonds is 3. The van der Waals surface area contributed by atoms with Crippen LogP contribution >= 0.6 is 11.6 Å². The molecule has 0 spiro atoms. The van der Waals surface area contributed by atoms with Gasteiger partial charge in [0.05, 0.1) is 5.92 Å². The number of amides is 2. The number of benzene rings is 1. The normalized spacial score (nSPS) is 27.0. The van der Waals surface area contributed by atoms with Gasteiger partial charge in [0.25, 0.3) is 5.91 Å². The van der Waals surface area contributed by atoms with Crippen molar-refractivity contribution in [2.75, 3.05) is 13.1 Å². The van der Waals surface area contributed by atoms with Crippen LogP contribution in [0, 0.1) is 5.92 Å². The predicted octanol–water partition coefficient (Wildman–Crippen LogP) is 2.58. The third kappa shape index (κ3) is 4.73. The van der Waals surface area contributed by atoms with E-state index in [1.807, 2.05) is 0 Å². The number of likely N-dealkylation sites (tertiary alicyclic amines) is 1. The third-order valence-electron chi connectivity index (χ3n) is 5.29. The number of halogens is 1. The molecule has 0 bridgehead atoms. The van der Waals surface area contributed by atoms with Crippen molar-refractivity contribution >= 4 is 23.4 Å². The lowest BCUT2D eigenvalue weighted by molar-refractivity contribution is -0.127. The van der Waals surface area contributed by atoms with Crippen LogP contribution in [-0.2, 0) is 4.79 Å². The monoisotopic (exact) mass is 363 g/mol. The number of nitrogens with one attached hydrogen (secondary N) is 1. The Morgan fingerprint density at radius 3 is 2.44 bits per heavy atom. The smallest absolute Gasteiger partial charge is 0.253 e. The molecule has 136 valence electrons. The maximum atomic E-state index is 12.6. The molecule has 1 unspecified atom stereocenters. The molecule has 0 radical (unpaired) electrons. The predicted molar refractivity (Wildman–Crippen MR) is 98.5 cm³/mol. The molecule has 1 aromatic carbocycles. The van der Waals surface area contributed by atoms with Crippen LogP contribution in [0.1, 0.15) is 48.9 Å². The minimum atomic E-state index is -0.124. The average Bonchev–Trinajstić information content (AvgIpc) is 2.64. The number of hydrogen-bond acceptors (Lipinski definition) is 3. The van der Waals surface area contributed by atoms with Gasteiger partial charge in [-0.3, -0.25) is 9.59 Å². The minimum absolute atomic E-state index is 0.0298. The van der Waals surface area contributed by atoms with Gasteiger partial charge < -0.3 is 16.0 Å². The summed E-state index contributed by atoms with van der Waals surface area (Å²) >= 11 is 5.88. The molecule has 1 saturated heterocycles. The quantitative estimate of drug-likeness (QED) is 0.866. The molecule has 1 heterocycles. The molecule has 1 aromatic rings. The molecular weight excluding hydrogens is 338 g/mol. The Balaban J connectivity index is 1.56. The summed E-state index contributed by atoms with van der Waals surface area (Å²) in [6, 6.07) is 7.41. The summed E-state index contributed by atoms with van der Waals surface area (Å²) in [6.07, 6.45) is 5.53. The molecule has 5 nitrogen and oxygen atoms in total. The van der Waals surface area contributed by atoms with Gasteiger partial charge in [0.1, 0.15) is 0 Å². The van der Waals surface area contributed by atoms with Crippen molar-refractivity contribution < 1.29 is 9.59 Å². The summed E-state index contributed by atoms with van der Waals surface area (Å²) in [6.45, 7) is 1.18. The van der Waals surface area contributed by atoms with E-state index in [1.54, 1.807) is 29.2 Å². The molecule has 2 fully saturated rings. The van der Waals surface area contributed by atoms with Gasteiger partial charge in [-0.2, -0.15) is 0 Å². The van der Waals surface area contributed by atoms with Crippen LogP contribution in [-0.4, -0.2) is 41.9 Å². The van der Waals surface area contributed by atoms with E-state index in [4.69, 9.17) is 17.3 Å². The highest BCUT2D eigenvalue weighted by Gasteiger charge is 2.30. The van der Waals surface area contributed by atoms with Crippen molar-refractivity contribution in [3.05, 3.63) is 34.9 Å². The molecule has 3 rings (SSSR count). The second kappa shape index (κ2) is 8.19. The van der Waals surface area contributed by atoms with Crippen LogP contribution in [0.15, 0.2) is 24.3 Å². The first-order chi connectivity index (χ1) is 12.0. The van der Waals surface area contributed by atoms with Gasteiger partial charge in [-0.25, -0.2) is 0 Å². The Bertz CT molecular complexity index is 612. The highest BCUT2D eigenvalue weighted by molar-refractivity contribution is 6.30. The number of hydrogen-bond donors (Lipinski definition) is 2. The van der Waals surface area contributed by atoms with E-state index >= 15 is 0 Å². The van der Waals surface area contributed by atoms with Crippen LogP contribution in [0.5, 0.6) is 0 Å². The van der Waals surface area contributed by atoms with Crippen molar-refractivity contribution in [2.45, 2.75) is 50.6 Å². The molecule has 1 saturated carbocycles. The molecule has 6 heteroatoms. The maximum absolute atomic E-state index is 12.6. The number of carbonyl (C=O) groups is 2. The zero-order chi connectivity index (χ0) is 17.8. The molecule has 1 aliphatic heterocycles. The van der Waals surface area contributed by atoms with Gasteiger partial charge >= 0.3 is 0 Å². The lowest BCUT2D eigenvalue weighted by Crippen LogP contribution is -2.48. The van der Waals surface area contributed by atoms with Crippen molar-refractivity contribution in [1.82, 2.24) is 10.2 Å². The third-order valence-corrected chi connectivity index (χ3v) is 5.54. The van der Waals surface area contributed by atoms with Crippen LogP contribution in [0.25, 0.3) is 0 Å². The van der Waals surface area contributed by atoms with E-state index in [2.05, 4.69) is 5.32 Å². The van der Waals surface area contributed by atoms with Gasteiger partial charge in [-0.05, 0) is 62.8 Å². The number of nitrogens with zero attached hydrogens (tertiary/aromatic N) is 1. The first-order valence-corrected chi connectivity index (χ1v) is 9.51. The van der Waals surface area contributed by atoms with Crippen molar-refractivity contribution in [3.63, 3.8) is 0 Å². The second-order valence-electron chi connectivity index (χ2n) is 7.22. The topological polar surface area (TPSA) is 75.4 Å². The van der Waals surface area contributed by atoms with E-state index < -0.39 is 0 Å². The van der Waals surface area contributed by atoms with Gasteiger partial charge in [0.15, 0.2) is 0 Å². The van der Waals surface area contributed by atoms with E-state index in [0.29, 0.717) is 23.7 Å².